The Morgan fingerprint density at radius 3 is 2.41 bits per heavy atom. The van der Waals surface area contributed by atoms with E-state index in [1.54, 1.807) is 6.20 Å². The van der Waals surface area contributed by atoms with Crippen molar-refractivity contribution in [2.75, 3.05) is 48.3 Å². The number of nitrogens with one attached hydrogen (secondary N) is 2. The van der Waals surface area contributed by atoms with Gasteiger partial charge in [0.15, 0.2) is 0 Å². The molecule has 3 heterocycles. The summed E-state index contributed by atoms with van der Waals surface area (Å²) in [6.07, 6.45) is 6.21. The molecule has 1 unspecified atom stereocenters. The molecule has 1 aromatic heterocycles. The molecule has 2 amide bonds. The third-order valence-electron chi connectivity index (χ3n) is 7.18. The van der Waals surface area contributed by atoms with Crippen LogP contribution in [0.1, 0.15) is 37.7 Å². The van der Waals surface area contributed by atoms with Crippen molar-refractivity contribution in [1.82, 2.24) is 20.2 Å². The van der Waals surface area contributed by atoms with E-state index in [2.05, 4.69) is 49.5 Å². The number of likely N-dealkylation sites (N-methyl/N-ethyl adjacent to an activating group) is 1. The van der Waals surface area contributed by atoms with E-state index in [4.69, 9.17) is 4.98 Å². The molecular formula is C25H33N7O2. The molecular weight excluding hydrogens is 430 g/mol. The van der Waals surface area contributed by atoms with Crippen LogP contribution in [0.3, 0.4) is 0 Å². The van der Waals surface area contributed by atoms with Gasteiger partial charge in [-0.15, -0.1) is 0 Å². The van der Waals surface area contributed by atoms with E-state index >= 15 is 0 Å². The lowest BCUT2D eigenvalue weighted by atomic mass is 10.1. The van der Waals surface area contributed by atoms with Crippen LogP contribution in [0.15, 0.2) is 30.5 Å². The smallest absolute Gasteiger partial charge is 0.249 e. The summed E-state index contributed by atoms with van der Waals surface area (Å²) < 4.78 is 0. The summed E-state index contributed by atoms with van der Waals surface area (Å²) in [6, 6.07) is 8.04. The summed E-state index contributed by atoms with van der Waals surface area (Å²) in [5.41, 5.74) is 3.03. The van der Waals surface area contributed by atoms with Crippen LogP contribution in [0.25, 0.3) is 0 Å². The maximum Gasteiger partial charge on any atom is 0.249 e. The predicted octanol–water partition coefficient (Wildman–Crippen LogP) is 2.44. The Hall–Kier alpha value is -3.20. The van der Waals surface area contributed by atoms with Crippen molar-refractivity contribution in [2.24, 2.45) is 0 Å². The highest BCUT2D eigenvalue weighted by molar-refractivity contribution is 6.07. The summed E-state index contributed by atoms with van der Waals surface area (Å²) in [6.45, 7) is 6.16. The fourth-order valence-corrected chi connectivity index (χ4v) is 5.23. The fourth-order valence-electron chi connectivity index (χ4n) is 5.23. The van der Waals surface area contributed by atoms with E-state index in [0.717, 1.165) is 68.9 Å². The van der Waals surface area contributed by atoms with E-state index in [0.29, 0.717) is 5.95 Å². The molecule has 1 saturated carbocycles. The second-order valence-corrected chi connectivity index (χ2v) is 9.64. The van der Waals surface area contributed by atoms with E-state index < -0.39 is 6.04 Å². The second kappa shape index (κ2) is 9.58. The standard InChI is InChI=1S/C25H33N7O2/c1-17-16-26-25(27-18-7-9-19(10-8-18)31-13-11-30(2)12-14-31)29-23(17)32(20-5-3-4-6-20)21-15-22(33)28-24(21)34/h7-10,16,20-21H,3-6,11-15H2,1-2H3,(H,26,27,29)(H,28,33,34). The van der Waals surface area contributed by atoms with Crippen molar-refractivity contribution in [3.8, 4) is 0 Å². The quantitative estimate of drug-likeness (QED) is 0.631. The number of piperazine rings is 1. The Balaban J connectivity index is 1.36. The molecule has 180 valence electrons. The second-order valence-electron chi connectivity index (χ2n) is 9.64. The Morgan fingerprint density at radius 2 is 1.76 bits per heavy atom. The molecule has 1 atom stereocenters. The zero-order valence-electron chi connectivity index (χ0n) is 20.0. The SMILES string of the molecule is Cc1cnc(Nc2ccc(N3CCN(C)CC3)cc2)nc1N(C1CCCC1)C1CC(=O)NC1=O. The zero-order valence-corrected chi connectivity index (χ0v) is 20.0. The Bertz CT molecular complexity index is 1040. The third kappa shape index (κ3) is 4.70. The van der Waals surface area contributed by atoms with E-state index in [9.17, 15) is 9.59 Å². The molecule has 2 N–H and O–H groups in total. The molecule has 0 radical (unpaired) electrons. The van der Waals surface area contributed by atoms with Gasteiger partial charge in [-0.1, -0.05) is 12.8 Å². The van der Waals surface area contributed by atoms with Gasteiger partial charge in [0.25, 0.3) is 0 Å². The predicted molar refractivity (Wildman–Crippen MR) is 132 cm³/mol. The van der Waals surface area contributed by atoms with Gasteiger partial charge in [-0.05, 0) is 51.1 Å². The molecule has 2 saturated heterocycles. The normalized spacial score (nSPS) is 21.7. The van der Waals surface area contributed by atoms with Crippen molar-refractivity contribution in [3.63, 3.8) is 0 Å². The van der Waals surface area contributed by atoms with Crippen molar-refractivity contribution in [3.05, 3.63) is 36.0 Å². The van der Waals surface area contributed by atoms with Gasteiger partial charge in [-0.25, -0.2) is 4.98 Å². The van der Waals surface area contributed by atoms with Gasteiger partial charge in [0.2, 0.25) is 17.8 Å². The van der Waals surface area contributed by atoms with Crippen molar-refractivity contribution >= 4 is 35.0 Å². The van der Waals surface area contributed by atoms with E-state index in [1.807, 2.05) is 19.1 Å². The largest absolute Gasteiger partial charge is 0.369 e. The number of aromatic nitrogens is 2. The minimum absolute atomic E-state index is 0.176. The van der Waals surface area contributed by atoms with Crippen LogP contribution >= 0.6 is 0 Å². The highest BCUT2D eigenvalue weighted by Gasteiger charge is 2.40. The van der Waals surface area contributed by atoms with E-state index in [-0.39, 0.29) is 24.3 Å². The molecule has 34 heavy (non-hydrogen) atoms. The fraction of sp³-hybridized carbons (Fsp3) is 0.520. The minimum atomic E-state index is -0.514. The molecule has 2 aliphatic heterocycles. The first-order valence-corrected chi connectivity index (χ1v) is 12.2. The number of rotatable bonds is 6. The first kappa shape index (κ1) is 22.6. The lowest BCUT2D eigenvalue weighted by Gasteiger charge is -2.34. The number of hydrogen-bond donors (Lipinski definition) is 2. The summed E-state index contributed by atoms with van der Waals surface area (Å²) in [5, 5.41) is 5.79. The van der Waals surface area contributed by atoms with Crippen molar-refractivity contribution in [1.29, 1.82) is 0 Å². The Kier molecular flexibility index (Phi) is 6.36. The van der Waals surface area contributed by atoms with E-state index in [1.165, 1.54) is 5.69 Å². The lowest BCUT2D eigenvalue weighted by molar-refractivity contribution is -0.125. The Labute approximate surface area is 200 Å². The number of imide groups is 1. The number of hydrogen-bond acceptors (Lipinski definition) is 8. The van der Waals surface area contributed by atoms with Crippen molar-refractivity contribution < 1.29 is 9.59 Å². The van der Waals surface area contributed by atoms with Crippen molar-refractivity contribution in [2.45, 2.75) is 51.1 Å². The topological polar surface area (TPSA) is 93.7 Å². The molecule has 3 aliphatic rings. The number of carbonyl (C=O) groups excluding carboxylic acids is 2. The lowest BCUT2D eigenvalue weighted by Crippen LogP contribution is -2.47. The van der Waals surface area contributed by atoms with Crippen LogP contribution in [-0.2, 0) is 9.59 Å². The average molecular weight is 464 g/mol. The number of carbonyl (C=O) groups is 2. The summed E-state index contributed by atoms with van der Waals surface area (Å²) >= 11 is 0. The van der Waals surface area contributed by atoms with Gasteiger partial charge in [-0.2, -0.15) is 4.98 Å². The number of amides is 2. The van der Waals surface area contributed by atoms with Crippen LogP contribution in [0.4, 0.5) is 23.1 Å². The highest BCUT2D eigenvalue weighted by atomic mass is 16.2. The highest BCUT2D eigenvalue weighted by Crippen LogP contribution is 2.33. The average Bonchev–Trinajstić information content (AvgIpc) is 3.47. The monoisotopic (exact) mass is 463 g/mol. The van der Waals surface area contributed by atoms with Crippen LogP contribution < -0.4 is 20.4 Å². The van der Waals surface area contributed by atoms with Crippen LogP contribution in [0.2, 0.25) is 0 Å². The first-order valence-electron chi connectivity index (χ1n) is 12.2. The van der Waals surface area contributed by atoms with Gasteiger partial charge >= 0.3 is 0 Å². The number of nitrogens with zero attached hydrogens (tertiary/aromatic N) is 5. The number of aryl methyl sites for hydroxylation is 1. The minimum Gasteiger partial charge on any atom is -0.369 e. The summed E-state index contributed by atoms with van der Waals surface area (Å²) in [7, 11) is 2.16. The van der Waals surface area contributed by atoms with Crippen LogP contribution in [0.5, 0.6) is 0 Å². The maximum atomic E-state index is 12.6. The number of benzene rings is 1. The summed E-state index contributed by atoms with van der Waals surface area (Å²) in [5.74, 6) is 0.765. The van der Waals surface area contributed by atoms with Crippen LogP contribution in [-0.4, -0.2) is 72.0 Å². The zero-order chi connectivity index (χ0) is 23.7. The molecule has 3 fully saturated rings. The molecule has 2 aromatic rings. The van der Waals surface area contributed by atoms with Crippen LogP contribution in [0, 0.1) is 6.92 Å². The molecule has 0 spiro atoms. The first-order chi connectivity index (χ1) is 16.5. The molecule has 0 bridgehead atoms. The van der Waals surface area contributed by atoms with Gasteiger partial charge in [0.05, 0.1) is 6.42 Å². The number of anilines is 4. The van der Waals surface area contributed by atoms with Gasteiger partial charge in [0, 0.05) is 55.4 Å². The van der Waals surface area contributed by atoms with Gasteiger partial charge < -0.3 is 20.0 Å². The summed E-state index contributed by atoms with van der Waals surface area (Å²) in [4.78, 5) is 40.7. The third-order valence-corrected chi connectivity index (χ3v) is 7.18. The van der Waals surface area contributed by atoms with Gasteiger partial charge in [-0.3, -0.25) is 14.9 Å². The molecule has 1 aliphatic carbocycles. The molecule has 5 rings (SSSR count). The Morgan fingerprint density at radius 1 is 1.06 bits per heavy atom. The molecule has 9 heteroatoms. The maximum absolute atomic E-state index is 12.6. The van der Waals surface area contributed by atoms with Gasteiger partial charge in [0.1, 0.15) is 11.9 Å². The molecule has 1 aromatic carbocycles. The molecule has 9 nitrogen and oxygen atoms in total.